The van der Waals surface area contributed by atoms with E-state index < -0.39 is 0 Å². The molecular formula is C14H15N5OS. The monoisotopic (exact) mass is 301 g/mol. The second-order valence-corrected chi connectivity index (χ2v) is 6.04. The third kappa shape index (κ3) is 3.03. The molecule has 0 aliphatic heterocycles. The number of aromatic nitrogens is 4. The molecule has 3 aromatic heterocycles. The van der Waals surface area contributed by atoms with Crippen molar-refractivity contribution >= 4 is 11.3 Å². The summed E-state index contributed by atoms with van der Waals surface area (Å²) < 4.78 is 7.18. The van der Waals surface area contributed by atoms with E-state index in [1.165, 1.54) is 12.8 Å². The minimum absolute atomic E-state index is 0.633. The van der Waals surface area contributed by atoms with Gasteiger partial charge in [-0.25, -0.2) is 9.67 Å². The molecule has 1 fully saturated rings. The third-order valence-corrected chi connectivity index (χ3v) is 4.25. The standard InChI is InChI=1S/C14H15N5OS/c1-2-13(20-5-1)14-16-12(9-21-14)8-19-7-11(17-18-19)6-15-10-3-4-10/h1-2,5,7,9-10,15H,3-4,6,8H2. The van der Waals surface area contributed by atoms with Gasteiger partial charge in [0.05, 0.1) is 30.4 Å². The molecule has 6 nitrogen and oxygen atoms in total. The SMILES string of the molecule is c1coc(-c2nc(Cn3cc(CNC4CC4)nn3)cs2)c1. The number of hydrogen-bond donors (Lipinski definition) is 1. The summed E-state index contributed by atoms with van der Waals surface area (Å²) in [6, 6.07) is 4.47. The first-order valence-corrected chi connectivity index (χ1v) is 7.85. The Balaban J connectivity index is 1.41. The molecule has 3 heterocycles. The zero-order valence-corrected chi connectivity index (χ0v) is 12.2. The minimum atomic E-state index is 0.633. The van der Waals surface area contributed by atoms with Crippen LogP contribution in [0.2, 0.25) is 0 Å². The lowest BCUT2D eigenvalue weighted by Crippen LogP contribution is -2.15. The van der Waals surface area contributed by atoms with Gasteiger partial charge in [-0.05, 0) is 25.0 Å². The van der Waals surface area contributed by atoms with Crippen molar-refractivity contribution in [2.45, 2.75) is 32.0 Å². The summed E-state index contributed by atoms with van der Waals surface area (Å²) >= 11 is 1.58. The molecule has 0 saturated heterocycles. The van der Waals surface area contributed by atoms with Crippen molar-refractivity contribution in [3.63, 3.8) is 0 Å². The molecule has 1 aliphatic carbocycles. The van der Waals surface area contributed by atoms with E-state index in [0.717, 1.165) is 28.7 Å². The molecule has 0 aromatic carbocycles. The Bertz CT molecular complexity index is 713. The fraction of sp³-hybridized carbons (Fsp3) is 0.357. The van der Waals surface area contributed by atoms with Crippen LogP contribution in [-0.2, 0) is 13.1 Å². The molecule has 0 amide bonds. The van der Waals surface area contributed by atoms with Gasteiger partial charge in [-0.2, -0.15) is 0 Å². The van der Waals surface area contributed by atoms with Crippen LogP contribution in [0.3, 0.4) is 0 Å². The van der Waals surface area contributed by atoms with Gasteiger partial charge in [-0.15, -0.1) is 16.4 Å². The Morgan fingerprint density at radius 3 is 3.14 bits per heavy atom. The average Bonchev–Trinajstić information content (AvgIpc) is 2.93. The van der Waals surface area contributed by atoms with Crippen LogP contribution in [-0.4, -0.2) is 26.0 Å². The van der Waals surface area contributed by atoms with Gasteiger partial charge in [0.1, 0.15) is 0 Å². The highest BCUT2D eigenvalue weighted by Gasteiger charge is 2.20. The van der Waals surface area contributed by atoms with Crippen molar-refractivity contribution in [1.29, 1.82) is 0 Å². The summed E-state index contributed by atoms with van der Waals surface area (Å²) in [4.78, 5) is 4.56. The molecule has 0 bridgehead atoms. The lowest BCUT2D eigenvalue weighted by Gasteiger charge is -1.97. The molecule has 3 aromatic rings. The van der Waals surface area contributed by atoms with Gasteiger partial charge in [0.15, 0.2) is 10.8 Å². The van der Waals surface area contributed by atoms with Crippen molar-refractivity contribution < 1.29 is 4.42 Å². The van der Waals surface area contributed by atoms with Gasteiger partial charge in [0.25, 0.3) is 0 Å². The molecule has 4 rings (SSSR count). The maximum atomic E-state index is 5.35. The molecule has 0 atom stereocenters. The van der Waals surface area contributed by atoms with Crippen molar-refractivity contribution in [3.8, 4) is 10.8 Å². The molecule has 0 radical (unpaired) electrons. The number of rotatable bonds is 6. The quantitative estimate of drug-likeness (QED) is 0.756. The minimum Gasteiger partial charge on any atom is -0.462 e. The van der Waals surface area contributed by atoms with Crippen molar-refractivity contribution in [2.75, 3.05) is 0 Å². The predicted octanol–water partition coefficient (Wildman–Crippen LogP) is 2.29. The Labute approximate surface area is 125 Å². The summed E-state index contributed by atoms with van der Waals surface area (Å²) in [5.74, 6) is 0.805. The van der Waals surface area contributed by atoms with Gasteiger partial charge in [-0.1, -0.05) is 5.21 Å². The maximum Gasteiger partial charge on any atom is 0.162 e. The van der Waals surface area contributed by atoms with Crippen LogP contribution in [0.1, 0.15) is 24.2 Å². The van der Waals surface area contributed by atoms with Crippen LogP contribution in [0.4, 0.5) is 0 Å². The van der Waals surface area contributed by atoms with Gasteiger partial charge >= 0.3 is 0 Å². The highest BCUT2D eigenvalue weighted by atomic mass is 32.1. The number of nitrogens with zero attached hydrogens (tertiary/aromatic N) is 4. The lowest BCUT2D eigenvalue weighted by atomic mass is 10.4. The topological polar surface area (TPSA) is 68.8 Å². The van der Waals surface area contributed by atoms with Crippen molar-refractivity contribution in [1.82, 2.24) is 25.3 Å². The van der Waals surface area contributed by atoms with Crippen LogP contribution in [0.5, 0.6) is 0 Å². The van der Waals surface area contributed by atoms with E-state index in [4.69, 9.17) is 4.42 Å². The Hall–Kier alpha value is -1.99. The smallest absolute Gasteiger partial charge is 0.162 e. The number of hydrogen-bond acceptors (Lipinski definition) is 6. The fourth-order valence-corrected chi connectivity index (χ4v) is 2.87. The lowest BCUT2D eigenvalue weighted by molar-refractivity contribution is 0.581. The van der Waals surface area contributed by atoms with E-state index in [1.54, 1.807) is 17.6 Å². The van der Waals surface area contributed by atoms with E-state index in [-0.39, 0.29) is 0 Å². The van der Waals surface area contributed by atoms with E-state index in [2.05, 4.69) is 20.6 Å². The summed E-state index contributed by atoms with van der Waals surface area (Å²) in [5, 5.41) is 14.7. The van der Waals surface area contributed by atoms with Gasteiger partial charge < -0.3 is 9.73 Å². The second kappa shape index (κ2) is 5.42. The predicted molar refractivity (Wildman–Crippen MR) is 78.8 cm³/mol. The molecule has 0 spiro atoms. The van der Waals surface area contributed by atoms with Crippen LogP contribution in [0.25, 0.3) is 10.8 Å². The highest BCUT2D eigenvalue weighted by molar-refractivity contribution is 7.13. The average molecular weight is 301 g/mol. The van der Waals surface area contributed by atoms with Crippen LogP contribution < -0.4 is 5.32 Å². The molecule has 1 N–H and O–H groups in total. The highest BCUT2D eigenvalue weighted by Crippen LogP contribution is 2.24. The normalized spacial score (nSPS) is 14.7. The molecule has 1 aliphatic rings. The first-order valence-electron chi connectivity index (χ1n) is 6.97. The van der Waals surface area contributed by atoms with E-state index in [1.807, 2.05) is 28.4 Å². The number of nitrogens with one attached hydrogen (secondary N) is 1. The Kier molecular flexibility index (Phi) is 3.28. The number of thiazole rings is 1. The largest absolute Gasteiger partial charge is 0.462 e. The molecular weight excluding hydrogens is 286 g/mol. The van der Waals surface area contributed by atoms with Crippen molar-refractivity contribution in [3.05, 3.63) is 41.4 Å². The van der Waals surface area contributed by atoms with Crippen LogP contribution >= 0.6 is 11.3 Å². The first-order chi connectivity index (χ1) is 10.4. The molecule has 7 heteroatoms. The summed E-state index contributed by atoms with van der Waals surface area (Å²) in [6.07, 6.45) is 6.19. The molecule has 108 valence electrons. The zero-order chi connectivity index (χ0) is 14.1. The fourth-order valence-electron chi connectivity index (χ4n) is 2.09. The van der Waals surface area contributed by atoms with E-state index >= 15 is 0 Å². The molecule has 1 saturated carbocycles. The van der Waals surface area contributed by atoms with E-state index in [9.17, 15) is 0 Å². The Morgan fingerprint density at radius 1 is 1.38 bits per heavy atom. The first kappa shape index (κ1) is 12.7. The molecule has 0 unspecified atom stereocenters. The second-order valence-electron chi connectivity index (χ2n) is 5.18. The van der Waals surface area contributed by atoms with Gasteiger partial charge in [0, 0.05) is 18.0 Å². The summed E-state index contributed by atoms with van der Waals surface area (Å²) in [7, 11) is 0. The van der Waals surface area contributed by atoms with Crippen molar-refractivity contribution in [2.24, 2.45) is 0 Å². The van der Waals surface area contributed by atoms with E-state index in [0.29, 0.717) is 12.6 Å². The molecule has 21 heavy (non-hydrogen) atoms. The third-order valence-electron chi connectivity index (χ3n) is 3.34. The zero-order valence-electron chi connectivity index (χ0n) is 11.4. The van der Waals surface area contributed by atoms with Crippen LogP contribution in [0.15, 0.2) is 34.4 Å². The van der Waals surface area contributed by atoms with Gasteiger partial charge in [0.2, 0.25) is 0 Å². The Morgan fingerprint density at radius 2 is 2.33 bits per heavy atom. The maximum absolute atomic E-state index is 5.35. The summed E-state index contributed by atoms with van der Waals surface area (Å²) in [6.45, 7) is 1.42. The number of furan rings is 1. The van der Waals surface area contributed by atoms with Crippen LogP contribution in [0, 0.1) is 0 Å². The summed E-state index contributed by atoms with van der Waals surface area (Å²) in [5.41, 5.74) is 1.95. The van der Waals surface area contributed by atoms with Gasteiger partial charge in [-0.3, -0.25) is 0 Å².